The Labute approximate surface area is 144 Å². The Morgan fingerprint density at radius 3 is 2.29 bits per heavy atom. The number of nitrogens with one attached hydrogen (secondary N) is 2. The lowest BCUT2D eigenvalue weighted by atomic mass is 10.0. The summed E-state index contributed by atoms with van der Waals surface area (Å²) in [6.45, 7) is 4.33. The number of amides is 1. The van der Waals surface area contributed by atoms with Crippen LogP contribution in [-0.2, 0) is 0 Å². The molecule has 0 saturated heterocycles. The minimum Gasteiger partial charge on any atom is -0.339 e. The van der Waals surface area contributed by atoms with E-state index in [4.69, 9.17) is 0 Å². The van der Waals surface area contributed by atoms with E-state index >= 15 is 0 Å². The van der Waals surface area contributed by atoms with Gasteiger partial charge < -0.3 is 10.6 Å². The number of thiophene rings is 1. The lowest BCUT2D eigenvalue weighted by molar-refractivity contribution is 0.103. The van der Waals surface area contributed by atoms with Gasteiger partial charge in [0.1, 0.15) is 0 Å². The van der Waals surface area contributed by atoms with Gasteiger partial charge in [-0.2, -0.15) is 0 Å². The average Bonchev–Trinajstić information content (AvgIpc) is 3.12. The van der Waals surface area contributed by atoms with Gasteiger partial charge in [0, 0.05) is 5.69 Å². The van der Waals surface area contributed by atoms with E-state index in [2.05, 4.69) is 46.8 Å². The lowest BCUT2D eigenvalue weighted by Crippen LogP contribution is -2.12. The molecule has 2 N–H and O–H groups in total. The predicted molar refractivity (Wildman–Crippen MR) is 98.1 cm³/mol. The number of carbonyl (C=O) groups is 1. The van der Waals surface area contributed by atoms with Crippen molar-refractivity contribution in [3.63, 3.8) is 0 Å². The molecule has 0 radical (unpaired) electrons. The van der Waals surface area contributed by atoms with Crippen LogP contribution in [0.3, 0.4) is 0 Å². The molecule has 5 nitrogen and oxygen atoms in total. The van der Waals surface area contributed by atoms with Crippen LogP contribution in [0, 0.1) is 0 Å². The SMILES string of the molecule is CC(C)c1ccc(Nc2ccc(NC(=O)c3cccs3)nn2)cc1. The van der Waals surface area contributed by atoms with Gasteiger partial charge in [0.25, 0.3) is 5.91 Å². The van der Waals surface area contributed by atoms with Crippen molar-refractivity contribution < 1.29 is 4.79 Å². The van der Waals surface area contributed by atoms with E-state index in [1.807, 2.05) is 23.6 Å². The molecule has 0 unspecified atom stereocenters. The van der Waals surface area contributed by atoms with Gasteiger partial charge in [-0.05, 0) is 47.2 Å². The van der Waals surface area contributed by atoms with Crippen LogP contribution < -0.4 is 10.6 Å². The van der Waals surface area contributed by atoms with E-state index in [9.17, 15) is 4.79 Å². The van der Waals surface area contributed by atoms with Crippen molar-refractivity contribution in [2.45, 2.75) is 19.8 Å². The first-order valence-electron chi connectivity index (χ1n) is 7.67. The van der Waals surface area contributed by atoms with E-state index in [1.165, 1.54) is 16.9 Å². The largest absolute Gasteiger partial charge is 0.339 e. The fraction of sp³-hybridized carbons (Fsp3) is 0.167. The molecule has 0 bridgehead atoms. The monoisotopic (exact) mass is 338 g/mol. The normalized spacial score (nSPS) is 10.6. The highest BCUT2D eigenvalue weighted by atomic mass is 32.1. The van der Waals surface area contributed by atoms with Gasteiger partial charge in [-0.3, -0.25) is 4.79 Å². The van der Waals surface area contributed by atoms with E-state index in [0.29, 0.717) is 22.4 Å². The second-order valence-electron chi connectivity index (χ2n) is 5.64. The van der Waals surface area contributed by atoms with Gasteiger partial charge in [-0.25, -0.2) is 0 Å². The van der Waals surface area contributed by atoms with Crippen molar-refractivity contribution in [3.8, 4) is 0 Å². The van der Waals surface area contributed by atoms with Crippen LogP contribution in [0.1, 0.15) is 35.0 Å². The molecule has 0 spiro atoms. The highest BCUT2D eigenvalue weighted by Gasteiger charge is 2.08. The third kappa shape index (κ3) is 3.97. The zero-order valence-electron chi connectivity index (χ0n) is 13.5. The van der Waals surface area contributed by atoms with Crippen LogP contribution >= 0.6 is 11.3 Å². The van der Waals surface area contributed by atoms with Gasteiger partial charge in [0.15, 0.2) is 11.6 Å². The highest BCUT2D eigenvalue weighted by molar-refractivity contribution is 7.12. The Morgan fingerprint density at radius 2 is 1.71 bits per heavy atom. The fourth-order valence-corrected chi connectivity index (χ4v) is 2.77. The molecule has 1 aromatic carbocycles. The summed E-state index contributed by atoms with van der Waals surface area (Å²) < 4.78 is 0. The molecule has 0 saturated carbocycles. The number of hydrogen-bond acceptors (Lipinski definition) is 5. The topological polar surface area (TPSA) is 66.9 Å². The van der Waals surface area contributed by atoms with Crippen molar-refractivity contribution in [3.05, 3.63) is 64.4 Å². The number of carbonyl (C=O) groups excluding carboxylic acids is 1. The number of rotatable bonds is 5. The number of hydrogen-bond donors (Lipinski definition) is 2. The Morgan fingerprint density at radius 1 is 1.00 bits per heavy atom. The summed E-state index contributed by atoms with van der Waals surface area (Å²) in [5.74, 6) is 1.38. The van der Waals surface area contributed by atoms with Crippen molar-refractivity contribution >= 4 is 34.6 Å². The van der Waals surface area contributed by atoms with Crippen LogP contribution in [0.25, 0.3) is 0 Å². The first kappa shape index (κ1) is 16.1. The Bertz CT molecular complexity index is 796. The van der Waals surface area contributed by atoms with Crippen LogP contribution in [0.5, 0.6) is 0 Å². The molecule has 6 heteroatoms. The molecular formula is C18H18N4OS. The average molecular weight is 338 g/mol. The number of anilines is 3. The number of benzene rings is 1. The third-order valence-corrected chi connectivity index (χ3v) is 4.37. The van der Waals surface area contributed by atoms with Gasteiger partial charge in [0.05, 0.1) is 4.88 Å². The highest BCUT2D eigenvalue weighted by Crippen LogP contribution is 2.20. The maximum absolute atomic E-state index is 12.0. The van der Waals surface area contributed by atoms with Crippen molar-refractivity contribution in [2.75, 3.05) is 10.6 Å². The number of nitrogens with zero attached hydrogens (tertiary/aromatic N) is 2. The minimum atomic E-state index is -0.177. The molecule has 0 aliphatic heterocycles. The molecule has 3 aromatic rings. The van der Waals surface area contributed by atoms with Crippen molar-refractivity contribution in [1.82, 2.24) is 10.2 Å². The Balaban J connectivity index is 1.63. The van der Waals surface area contributed by atoms with Gasteiger partial charge >= 0.3 is 0 Å². The molecule has 1 amide bonds. The van der Waals surface area contributed by atoms with Crippen LogP contribution in [0.2, 0.25) is 0 Å². The molecule has 24 heavy (non-hydrogen) atoms. The first-order valence-corrected chi connectivity index (χ1v) is 8.55. The minimum absolute atomic E-state index is 0.177. The molecule has 0 fully saturated rings. The molecule has 0 atom stereocenters. The van der Waals surface area contributed by atoms with Crippen molar-refractivity contribution in [2.24, 2.45) is 0 Å². The Kier molecular flexibility index (Phi) is 4.86. The molecular weight excluding hydrogens is 320 g/mol. The summed E-state index contributed by atoms with van der Waals surface area (Å²) in [5.41, 5.74) is 2.24. The maximum atomic E-state index is 12.0. The van der Waals surface area contributed by atoms with E-state index in [0.717, 1.165) is 5.69 Å². The van der Waals surface area contributed by atoms with E-state index in [-0.39, 0.29) is 5.91 Å². The summed E-state index contributed by atoms with van der Waals surface area (Å²) in [6.07, 6.45) is 0. The van der Waals surface area contributed by atoms with Gasteiger partial charge in [-0.15, -0.1) is 21.5 Å². The standard InChI is InChI=1S/C18H18N4OS/c1-12(2)13-5-7-14(8-6-13)19-16-9-10-17(22-21-16)20-18(23)15-4-3-11-24-15/h3-12H,1-2H3,(H,19,21)(H,20,22,23). The van der Waals surface area contributed by atoms with E-state index in [1.54, 1.807) is 18.2 Å². The summed E-state index contributed by atoms with van der Waals surface area (Å²) in [4.78, 5) is 12.6. The zero-order chi connectivity index (χ0) is 16.9. The molecule has 0 aliphatic carbocycles. The molecule has 2 aromatic heterocycles. The fourth-order valence-electron chi connectivity index (χ4n) is 2.15. The first-order chi connectivity index (χ1) is 11.6. The van der Waals surface area contributed by atoms with Crippen LogP contribution in [0.15, 0.2) is 53.9 Å². The zero-order valence-corrected chi connectivity index (χ0v) is 14.3. The van der Waals surface area contributed by atoms with Crippen LogP contribution in [-0.4, -0.2) is 16.1 Å². The molecule has 122 valence electrons. The smallest absolute Gasteiger partial charge is 0.266 e. The Hall–Kier alpha value is -2.73. The maximum Gasteiger partial charge on any atom is 0.266 e. The summed E-state index contributed by atoms with van der Waals surface area (Å²) in [5, 5.41) is 15.9. The number of aromatic nitrogens is 2. The summed E-state index contributed by atoms with van der Waals surface area (Å²) in [7, 11) is 0. The molecule has 2 heterocycles. The summed E-state index contributed by atoms with van der Waals surface area (Å²) >= 11 is 1.39. The lowest BCUT2D eigenvalue weighted by Gasteiger charge is -2.09. The van der Waals surface area contributed by atoms with Gasteiger partial charge in [0.2, 0.25) is 0 Å². The van der Waals surface area contributed by atoms with E-state index < -0.39 is 0 Å². The van der Waals surface area contributed by atoms with Gasteiger partial charge in [-0.1, -0.05) is 32.0 Å². The predicted octanol–water partition coefficient (Wildman–Crippen LogP) is 4.66. The summed E-state index contributed by atoms with van der Waals surface area (Å²) in [6, 6.07) is 15.3. The third-order valence-electron chi connectivity index (χ3n) is 3.50. The second kappa shape index (κ2) is 7.23. The molecule has 3 rings (SSSR count). The van der Waals surface area contributed by atoms with Crippen LogP contribution in [0.4, 0.5) is 17.3 Å². The van der Waals surface area contributed by atoms with Crippen molar-refractivity contribution in [1.29, 1.82) is 0 Å². The molecule has 0 aliphatic rings. The second-order valence-corrected chi connectivity index (χ2v) is 6.58. The quantitative estimate of drug-likeness (QED) is 0.710.